The quantitative estimate of drug-likeness (QED) is 0.693. The molecule has 0 saturated carbocycles. The van der Waals surface area contributed by atoms with E-state index in [1.54, 1.807) is 0 Å². The molecule has 91 valence electrons. The molecule has 1 nitrogen and oxygen atoms in total. The highest BCUT2D eigenvalue weighted by molar-refractivity contribution is 5.05. The van der Waals surface area contributed by atoms with Crippen molar-refractivity contribution in [3.63, 3.8) is 0 Å². The lowest BCUT2D eigenvalue weighted by molar-refractivity contribution is -0.326. The Morgan fingerprint density at radius 2 is 1.33 bits per heavy atom. The molecule has 0 aliphatic carbocycles. The van der Waals surface area contributed by atoms with Crippen molar-refractivity contribution < 1.29 is 39.9 Å². The van der Waals surface area contributed by atoms with E-state index in [1.807, 2.05) is 0 Å². The van der Waals surface area contributed by atoms with E-state index in [9.17, 15) is 35.1 Å². The lowest BCUT2D eigenvalue weighted by Crippen LogP contribution is -2.49. The first-order chi connectivity index (χ1) is 6.44. The Morgan fingerprint density at radius 3 is 1.53 bits per heavy atom. The van der Waals surface area contributed by atoms with Gasteiger partial charge in [-0.2, -0.15) is 35.1 Å². The van der Waals surface area contributed by atoms with E-state index < -0.39 is 31.0 Å². The Balaban J connectivity index is 5.08. The van der Waals surface area contributed by atoms with Gasteiger partial charge in [0.15, 0.2) is 0 Å². The summed E-state index contributed by atoms with van der Waals surface area (Å²) in [6.45, 7) is -0.0846. The van der Waals surface area contributed by atoms with E-state index in [4.69, 9.17) is 0 Å². The molecule has 0 aliphatic heterocycles. The first-order valence-electron chi connectivity index (χ1n) is 3.46. The molecule has 15 heavy (non-hydrogen) atoms. The highest BCUT2D eigenvalue weighted by Gasteiger charge is 2.71. The Hall–Kier alpha value is -0.600. The molecule has 9 heteroatoms. The molecule has 0 aromatic rings. The molecule has 0 bridgehead atoms. The van der Waals surface area contributed by atoms with Crippen molar-refractivity contribution >= 4 is 0 Å². The summed E-state index contributed by atoms with van der Waals surface area (Å²) in [5.74, 6) is -6.04. The van der Waals surface area contributed by atoms with Crippen LogP contribution in [0, 0.1) is 6.10 Å². The number of alkyl halides is 8. The average molecular weight is 245 g/mol. The van der Waals surface area contributed by atoms with Crippen molar-refractivity contribution in [2.75, 3.05) is 6.61 Å². The van der Waals surface area contributed by atoms with E-state index in [-0.39, 0.29) is 0 Å². The van der Waals surface area contributed by atoms with Crippen LogP contribution in [0.5, 0.6) is 0 Å². The van der Waals surface area contributed by atoms with Gasteiger partial charge in [0.1, 0.15) is 0 Å². The Kier molecular flexibility index (Phi) is 3.94. The molecule has 0 heterocycles. The summed E-state index contributed by atoms with van der Waals surface area (Å²) >= 11 is 0. The topological polar surface area (TPSA) is 9.23 Å². The maximum Gasteiger partial charge on any atom is 0.456 e. The predicted molar refractivity (Wildman–Crippen MR) is 31.9 cm³/mol. The molecule has 0 spiro atoms. The van der Waals surface area contributed by atoms with Crippen LogP contribution in [-0.2, 0) is 4.74 Å². The van der Waals surface area contributed by atoms with Gasteiger partial charge in [-0.3, -0.25) is 0 Å². The van der Waals surface area contributed by atoms with Gasteiger partial charge in [0.05, 0.1) is 0 Å². The lowest BCUT2D eigenvalue weighted by Gasteiger charge is -2.28. The number of hydrogen-bond donors (Lipinski definition) is 0. The molecule has 1 radical (unpaired) electrons. The van der Waals surface area contributed by atoms with Crippen molar-refractivity contribution in [2.45, 2.75) is 25.2 Å². The van der Waals surface area contributed by atoms with Gasteiger partial charge in [-0.05, 0) is 6.92 Å². The Morgan fingerprint density at radius 1 is 0.933 bits per heavy atom. The number of rotatable bonds is 3. The summed E-state index contributed by atoms with van der Waals surface area (Å²) in [7, 11) is 0. The molecule has 0 atom stereocenters. The summed E-state index contributed by atoms with van der Waals surface area (Å²) in [5.41, 5.74) is 0. The molecular formula is C6H5F8O. The largest absolute Gasteiger partial charge is 0.456 e. The summed E-state index contributed by atoms with van der Waals surface area (Å²) in [5, 5.41) is 0. The summed E-state index contributed by atoms with van der Waals surface area (Å²) in [6.07, 6.45) is -15.5. The van der Waals surface area contributed by atoms with Gasteiger partial charge in [-0.25, -0.2) is 0 Å². The van der Waals surface area contributed by atoms with Crippen LogP contribution in [-0.4, -0.2) is 24.9 Å². The van der Waals surface area contributed by atoms with E-state index >= 15 is 0 Å². The second-order valence-electron chi connectivity index (χ2n) is 2.33. The first-order valence-corrected chi connectivity index (χ1v) is 3.46. The van der Waals surface area contributed by atoms with Gasteiger partial charge < -0.3 is 4.74 Å². The smallest absolute Gasteiger partial charge is 0.358 e. The van der Waals surface area contributed by atoms with Crippen molar-refractivity contribution in [3.05, 3.63) is 6.10 Å². The lowest BCUT2D eigenvalue weighted by atomic mass is 10.1. The fourth-order valence-electron chi connectivity index (χ4n) is 0.624. The standard InChI is InChI=1S/C6H5F8O/c1-2-15-3(5(9,10)11)4(7,8)6(12,13)14/h2H2,1H3. The number of ether oxygens (including phenoxy) is 1. The van der Waals surface area contributed by atoms with E-state index in [2.05, 4.69) is 4.74 Å². The monoisotopic (exact) mass is 245 g/mol. The van der Waals surface area contributed by atoms with Crippen molar-refractivity contribution in [2.24, 2.45) is 0 Å². The number of hydrogen-bond acceptors (Lipinski definition) is 1. The molecule has 0 amide bonds. The van der Waals surface area contributed by atoms with E-state index in [1.165, 1.54) is 0 Å². The van der Waals surface area contributed by atoms with Gasteiger partial charge in [0.25, 0.3) is 6.10 Å². The van der Waals surface area contributed by atoms with Gasteiger partial charge >= 0.3 is 18.3 Å². The minimum Gasteiger partial charge on any atom is -0.358 e. The minimum absolute atomic E-state index is 0.859. The van der Waals surface area contributed by atoms with Crippen LogP contribution in [0.1, 0.15) is 6.92 Å². The zero-order chi connectivity index (χ0) is 12.5. The zero-order valence-corrected chi connectivity index (χ0v) is 7.14. The summed E-state index contributed by atoms with van der Waals surface area (Å²) < 4.78 is 98.0. The maximum absolute atomic E-state index is 12.3. The molecule has 0 aliphatic rings. The SMILES string of the molecule is CCO[C](C(F)(F)F)C(F)(F)C(F)(F)F. The van der Waals surface area contributed by atoms with Crippen molar-refractivity contribution in [1.29, 1.82) is 0 Å². The van der Waals surface area contributed by atoms with Crippen LogP contribution in [0.2, 0.25) is 0 Å². The summed E-state index contributed by atoms with van der Waals surface area (Å²) in [4.78, 5) is 0. The third kappa shape index (κ3) is 3.18. The molecule has 0 N–H and O–H groups in total. The van der Waals surface area contributed by atoms with Gasteiger partial charge in [-0.1, -0.05) is 0 Å². The van der Waals surface area contributed by atoms with Crippen molar-refractivity contribution in [1.82, 2.24) is 0 Å². The minimum atomic E-state index is -6.34. The highest BCUT2D eigenvalue weighted by Crippen LogP contribution is 2.49. The molecule has 0 saturated heterocycles. The van der Waals surface area contributed by atoms with Crippen LogP contribution in [0.3, 0.4) is 0 Å². The van der Waals surface area contributed by atoms with Gasteiger partial charge in [-0.15, -0.1) is 0 Å². The van der Waals surface area contributed by atoms with E-state index in [0.29, 0.717) is 0 Å². The third-order valence-corrected chi connectivity index (χ3v) is 1.19. The maximum atomic E-state index is 12.3. The highest BCUT2D eigenvalue weighted by atomic mass is 19.4. The fraction of sp³-hybridized carbons (Fsp3) is 0.833. The van der Waals surface area contributed by atoms with Crippen LogP contribution in [0.15, 0.2) is 0 Å². The van der Waals surface area contributed by atoms with Crippen LogP contribution in [0.4, 0.5) is 35.1 Å². The second-order valence-corrected chi connectivity index (χ2v) is 2.33. The second kappa shape index (κ2) is 4.11. The molecule has 0 rings (SSSR count). The fourth-order valence-corrected chi connectivity index (χ4v) is 0.624. The average Bonchev–Trinajstić information content (AvgIpc) is 1.95. The van der Waals surface area contributed by atoms with Crippen LogP contribution in [0.25, 0.3) is 0 Å². The van der Waals surface area contributed by atoms with Crippen molar-refractivity contribution in [3.8, 4) is 0 Å². The first kappa shape index (κ1) is 14.4. The molecule has 0 aromatic carbocycles. The Bertz CT molecular complexity index is 204. The molecule has 0 aromatic heterocycles. The molecule has 0 unspecified atom stereocenters. The molecular weight excluding hydrogens is 240 g/mol. The van der Waals surface area contributed by atoms with Gasteiger partial charge in [0, 0.05) is 6.61 Å². The van der Waals surface area contributed by atoms with E-state index in [0.717, 1.165) is 6.92 Å². The van der Waals surface area contributed by atoms with Crippen LogP contribution >= 0.6 is 0 Å². The third-order valence-electron chi connectivity index (χ3n) is 1.19. The number of halogens is 8. The van der Waals surface area contributed by atoms with Crippen LogP contribution < -0.4 is 0 Å². The Labute approximate surface area is 79.0 Å². The summed E-state index contributed by atoms with van der Waals surface area (Å²) in [6, 6.07) is 0. The normalized spacial score (nSPS) is 14.8. The molecule has 0 fully saturated rings. The zero-order valence-electron chi connectivity index (χ0n) is 7.14. The van der Waals surface area contributed by atoms with Gasteiger partial charge in [0.2, 0.25) is 0 Å². The predicted octanol–water partition coefficient (Wildman–Crippen LogP) is 3.31.